The van der Waals surface area contributed by atoms with E-state index >= 15 is 0 Å². The smallest absolute Gasteiger partial charge is 0.164 e. The molecule has 3 nitrogen and oxygen atoms in total. The Kier molecular flexibility index (Phi) is 8.41. The van der Waals surface area contributed by atoms with Gasteiger partial charge in [0.25, 0.3) is 0 Å². The van der Waals surface area contributed by atoms with Crippen LogP contribution in [-0.2, 0) is 6.42 Å². The molecule has 0 atom stereocenters. The first-order valence-electron chi connectivity index (χ1n) is 19.6. The quantitative estimate of drug-likeness (QED) is 0.170. The number of hydrogen-bond acceptors (Lipinski definition) is 4. The maximum Gasteiger partial charge on any atom is 0.164 e. The van der Waals surface area contributed by atoms with Crippen molar-refractivity contribution >= 4 is 43.2 Å². The molecule has 0 radical (unpaired) electrons. The molecule has 11 rings (SSSR count). The summed E-state index contributed by atoms with van der Waals surface area (Å²) in [6.45, 7) is 0. The van der Waals surface area contributed by atoms with E-state index in [1.54, 1.807) is 11.3 Å². The Labute approximate surface area is 341 Å². The van der Waals surface area contributed by atoms with Gasteiger partial charge in [0.15, 0.2) is 17.5 Å². The van der Waals surface area contributed by atoms with E-state index in [4.69, 9.17) is 15.0 Å². The van der Waals surface area contributed by atoms with Crippen molar-refractivity contribution in [3.8, 4) is 67.5 Å². The van der Waals surface area contributed by atoms with Gasteiger partial charge in [0.05, 0.1) is 0 Å². The lowest BCUT2D eigenvalue weighted by Crippen LogP contribution is -2.05. The fraction of sp³-hybridized carbons (Fsp3) is 0.0185. The number of hydrogen-bond donors (Lipinski definition) is 0. The average molecular weight is 758 g/mol. The number of benzene rings is 8. The van der Waals surface area contributed by atoms with Gasteiger partial charge in [-0.25, -0.2) is 15.0 Å². The summed E-state index contributed by atoms with van der Waals surface area (Å²) in [5.74, 6) is 1.96. The lowest BCUT2D eigenvalue weighted by molar-refractivity contribution is 1.07. The summed E-state index contributed by atoms with van der Waals surface area (Å²) in [6, 6.07) is 69.0. The molecule has 1 aliphatic carbocycles. The van der Waals surface area contributed by atoms with E-state index in [0.717, 1.165) is 34.2 Å². The van der Waals surface area contributed by atoms with Crippen LogP contribution in [0.15, 0.2) is 194 Å². The molecule has 4 heteroatoms. The van der Waals surface area contributed by atoms with Crippen LogP contribution < -0.4 is 0 Å². The third kappa shape index (κ3) is 6.30. The molecule has 0 amide bonds. The van der Waals surface area contributed by atoms with E-state index in [2.05, 4.69) is 200 Å². The summed E-state index contributed by atoms with van der Waals surface area (Å²) >= 11 is 1.80. The van der Waals surface area contributed by atoms with E-state index in [-0.39, 0.29) is 0 Å². The summed E-state index contributed by atoms with van der Waals surface area (Å²) in [5.41, 5.74) is 15.0. The molecule has 2 heterocycles. The summed E-state index contributed by atoms with van der Waals surface area (Å²) in [5, 5.41) is 2.52. The van der Waals surface area contributed by atoms with Crippen LogP contribution in [0.5, 0.6) is 0 Å². The zero-order chi connectivity index (χ0) is 38.4. The summed E-state index contributed by atoms with van der Waals surface area (Å²) in [4.78, 5) is 15.7. The number of allylic oxidation sites excluding steroid dienone is 1. The van der Waals surface area contributed by atoms with Crippen LogP contribution in [0.2, 0.25) is 0 Å². The Hall–Kier alpha value is -7.27. The van der Waals surface area contributed by atoms with Gasteiger partial charge in [-0.15, -0.1) is 11.3 Å². The largest absolute Gasteiger partial charge is 0.208 e. The van der Waals surface area contributed by atoms with Gasteiger partial charge in [-0.2, -0.15) is 0 Å². The first kappa shape index (κ1) is 34.0. The monoisotopic (exact) mass is 757 g/mol. The summed E-state index contributed by atoms with van der Waals surface area (Å²) in [6.07, 6.45) is 3.13. The molecular weight excluding hydrogens is 723 g/mol. The highest BCUT2D eigenvalue weighted by Crippen LogP contribution is 2.42. The minimum atomic E-state index is 0.644. The Morgan fingerprint density at radius 3 is 1.66 bits per heavy atom. The highest BCUT2D eigenvalue weighted by atomic mass is 32.1. The molecule has 8 aromatic carbocycles. The van der Waals surface area contributed by atoms with Crippen molar-refractivity contribution in [2.24, 2.45) is 0 Å². The van der Waals surface area contributed by atoms with Crippen LogP contribution in [-0.4, -0.2) is 15.0 Å². The van der Waals surface area contributed by atoms with E-state index in [9.17, 15) is 0 Å². The summed E-state index contributed by atoms with van der Waals surface area (Å²) in [7, 11) is 0. The van der Waals surface area contributed by atoms with Crippen LogP contribution in [0.25, 0.3) is 99.4 Å². The van der Waals surface area contributed by atoms with Crippen LogP contribution >= 0.6 is 11.3 Å². The first-order valence-corrected chi connectivity index (χ1v) is 20.4. The first-order chi connectivity index (χ1) is 28.7. The van der Waals surface area contributed by atoms with Crippen LogP contribution in [0.4, 0.5) is 0 Å². The van der Waals surface area contributed by atoms with Crippen molar-refractivity contribution in [3.05, 3.63) is 211 Å². The Morgan fingerprint density at radius 2 is 0.897 bits per heavy atom. The normalized spacial score (nSPS) is 12.8. The SMILES string of the molecule is C(=C1\Cc2cc(-c3nc(-c4cccc(-c5cccc(-c6ccccc6)c5)c4)nc(-c4ccc5c(c4)sc4ccccc45)n3)ccc2-c2ccccc21)/c1ccccc1. The third-order valence-corrected chi connectivity index (χ3v) is 12.3. The molecular formula is C54H35N3S. The summed E-state index contributed by atoms with van der Waals surface area (Å²) < 4.78 is 2.49. The standard InChI is InChI=1S/C54H35N3S/c1-3-13-35(14-4-1)29-43-33-44-32-41(25-27-46(44)47-22-8-7-21-45(43)47)53-55-52(56-54(57-53)42-26-28-49-48-23-9-10-24-50(48)58-51(49)34-42)40-20-12-19-39(31-40)38-18-11-17-37(30-38)36-15-5-2-6-16-36/h1-32,34H,33H2/b43-29-. The van der Waals surface area contributed by atoms with Crippen LogP contribution in [0, 0.1) is 0 Å². The minimum Gasteiger partial charge on any atom is -0.208 e. The molecule has 0 spiro atoms. The maximum atomic E-state index is 5.24. The van der Waals surface area contributed by atoms with Crippen molar-refractivity contribution in [1.82, 2.24) is 15.0 Å². The fourth-order valence-electron chi connectivity index (χ4n) is 8.29. The number of rotatable bonds is 6. The zero-order valence-electron chi connectivity index (χ0n) is 31.5. The lowest BCUT2D eigenvalue weighted by Gasteiger charge is -2.23. The van der Waals surface area contributed by atoms with Gasteiger partial charge >= 0.3 is 0 Å². The van der Waals surface area contributed by atoms with Gasteiger partial charge < -0.3 is 0 Å². The molecule has 272 valence electrons. The molecule has 10 aromatic rings. The topological polar surface area (TPSA) is 38.7 Å². The Bertz CT molecular complexity index is 3200. The molecule has 0 saturated heterocycles. The van der Waals surface area contributed by atoms with Crippen molar-refractivity contribution in [1.29, 1.82) is 0 Å². The van der Waals surface area contributed by atoms with Gasteiger partial charge in [-0.05, 0) is 92.4 Å². The number of thiophene rings is 1. The second kappa shape index (κ2) is 14.3. The lowest BCUT2D eigenvalue weighted by atomic mass is 9.81. The highest BCUT2D eigenvalue weighted by molar-refractivity contribution is 7.25. The number of nitrogens with zero attached hydrogens (tertiary/aromatic N) is 3. The third-order valence-electron chi connectivity index (χ3n) is 11.1. The Morgan fingerprint density at radius 1 is 0.362 bits per heavy atom. The molecule has 0 saturated carbocycles. The van der Waals surface area contributed by atoms with E-state index < -0.39 is 0 Å². The van der Waals surface area contributed by atoms with E-state index in [1.807, 2.05) is 0 Å². The molecule has 58 heavy (non-hydrogen) atoms. The average Bonchev–Trinajstić information content (AvgIpc) is 3.67. The second-order valence-corrected chi connectivity index (χ2v) is 15.9. The van der Waals surface area contributed by atoms with Crippen molar-refractivity contribution < 1.29 is 0 Å². The van der Waals surface area contributed by atoms with Crippen molar-refractivity contribution in [2.75, 3.05) is 0 Å². The Balaban J connectivity index is 1.05. The van der Waals surface area contributed by atoms with Gasteiger partial charge in [0.2, 0.25) is 0 Å². The highest BCUT2D eigenvalue weighted by Gasteiger charge is 2.22. The number of fused-ring (bicyclic) bond motifs is 6. The second-order valence-electron chi connectivity index (χ2n) is 14.8. The van der Waals surface area contributed by atoms with Gasteiger partial charge in [0.1, 0.15) is 0 Å². The molecule has 0 fully saturated rings. The maximum absolute atomic E-state index is 5.24. The van der Waals surface area contributed by atoms with Crippen molar-refractivity contribution in [2.45, 2.75) is 6.42 Å². The van der Waals surface area contributed by atoms with Gasteiger partial charge in [0, 0.05) is 36.9 Å². The molecule has 0 N–H and O–H groups in total. The molecule has 1 aliphatic rings. The van der Waals surface area contributed by atoms with Gasteiger partial charge in [-0.3, -0.25) is 0 Å². The van der Waals surface area contributed by atoms with Crippen LogP contribution in [0.1, 0.15) is 16.7 Å². The molecule has 2 aromatic heterocycles. The molecule has 0 aliphatic heterocycles. The van der Waals surface area contributed by atoms with E-state index in [1.165, 1.54) is 64.7 Å². The fourth-order valence-corrected chi connectivity index (χ4v) is 9.44. The van der Waals surface area contributed by atoms with Gasteiger partial charge in [-0.1, -0.05) is 170 Å². The van der Waals surface area contributed by atoms with Crippen LogP contribution in [0.3, 0.4) is 0 Å². The molecule has 0 unspecified atom stereocenters. The minimum absolute atomic E-state index is 0.644. The molecule has 0 bridgehead atoms. The zero-order valence-corrected chi connectivity index (χ0v) is 32.3. The predicted molar refractivity (Wildman–Crippen MR) is 243 cm³/mol. The number of aromatic nitrogens is 3. The van der Waals surface area contributed by atoms with Crippen molar-refractivity contribution in [3.63, 3.8) is 0 Å². The predicted octanol–water partition coefficient (Wildman–Crippen LogP) is 14.3. The van der Waals surface area contributed by atoms with E-state index in [0.29, 0.717) is 17.5 Å².